The van der Waals surface area contributed by atoms with Gasteiger partial charge in [-0.2, -0.15) is 0 Å². The predicted molar refractivity (Wildman–Crippen MR) is 117 cm³/mol. The number of hydrogen-bond acceptors (Lipinski definition) is 5. The lowest BCUT2D eigenvalue weighted by Gasteiger charge is -2.33. The Labute approximate surface area is 190 Å². The summed E-state index contributed by atoms with van der Waals surface area (Å²) >= 11 is 6.12. The van der Waals surface area contributed by atoms with Crippen molar-refractivity contribution in [1.29, 1.82) is 0 Å². The maximum atomic E-state index is 12.9. The van der Waals surface area contributed by atoms with Crippen LogP contribution in [0.1, 0.15) is 24.1 Å². The molecule has 0 bridgehead atoms. The van der Waals surface area contributed by atoms with Crippen LogP contribution in [-0.4, -0.2) is 42.6 Å². The number of nitrogens with one attached hydrogen (secondary N) is 2. The third-order valence-electron chi connectivity index (χ3n) is 5.26. The third kappa shape index (κ3) is 4.27. The number of amides is 3. The lowest BCUT2D eigenvalue weighted by Crippen LogP contribution is -2.50. The first-order chi connectivity index (χ1) is 15.5. The maximum Gasteiger partial charge on any atom is 0.338 e. The van der Waals surface area contributed by atoms with Gasteiger partial charge in [-0.1, -0.05) is 48.0 Å². The summed E-state index contributed by atoms with van der Waals surface area (Å²) < 4.78 is 10.9. The summed E-state index contributed by atoms with van der Waals surface area (Å²) in [4.78, 5) is 39.3. The molecule has 0 aliphatic carbocycles. The highest BCUT2D eigenvalue weighted by Crippen LogP contribution is 2.38. The molecule has 1 atom stereocenters. The van der Waals surface area contributed by atoms with E-state index in [1.807, 2.05) is 19.1 Å². The lowest BCUT2D eigenvalue weighted by molar-refractivity contribution is -0.136. The number of rotatable bonds is 7. The van der Waals surface area contributed by atoms with Gasteiger partial charge in [0, 0.05) is 17.1 Å². The van der Waals surface area contributed by atoms with Crippen molar-refractivity contribution in [3.8, 4) is 5.75 Å². The van der Waals surface area contributed by atoms with Crippen molar-refractivity contribution in [3.05, 3.63) is 76.0 Å². The van der Waals surface area contributed by atoms with E-state index in [0.29, 0.717) is 34.2 Å². The van der Waals surface area contributed by atoms with E-state index in [4.69, 9.17) is 21.1 Å². The van der Waals surface area contributed by atoms with Crippen LogP contribution < -0.4 is 15.4 Å². The quantitative estimate of drug-likeness (QED) is 0.626. The van der Waals surface area contributed by atoms with Crippen LogP contribution in [-0.2, 0) is 20.9 Å². The number of para-hydroxylation sites is 1. The molecule has 2 aliphatic heterocycles. The monoisotopic (exact) mass is 455 g/mol. The van der Waals surface area contributed by atoms with Crippen LogP contribution in [0.25, 0.3) is 0 Å². The molecule has 166 valence electrons. The molecule has 2 N–H and O–H groups in total. The van der Waals surface area contributed by atoms with Crippen molar-refractivity contribution in [2.45, 2.75) is 19.5 Å². The zero-order valence-corrected chi connectivity index (χ0v) is 18.1. The summed E-state index contributed by atoms with van der Waals surface area (Å²) in [6.45, 7) is 2.18. The summed E-state index contributed by atoms with van der Waals surface area (Å²) in [7, 11) is 0. The average molecular weight is 456 g/mol. The second-order valence-corrected chi connectivity index (χ2v) is 7.65. The topological polar surface area (TPSA) is 97.0 Å². The van der Waals surface area contributed by atoms with Gasteiger partial charge in [0.2, 0.25) is 5.91 Å². The molecule has 3 amide bonds. The molecule has 2 aliphatic rings. The Balaban J connectivity index is 1.56. The van der Waals surface area contributed by atoms with Gasteiger partial charge in [-0.25, -0.2) is 9.59 Å². The summed E-state index contributed by atoms with van der Waals surface area (Å²) in [5.41, 5.74) is 2.09. The molecule has 0 radical (unpaired) electrons. The zero-order chi connectivity index (χ0) is 22.7. The fraction of sp³-hybridized carbons (Fsp3) is 0.261. The molecule has 2 aromatic carbocycles. The first-order valence-electron chi connectivity index (χ1n) is 10.2. The molecule has 2 aromatic rings. The SMILES string of the molecule is CCOc1ccccc1C1NC(=O)N(CC(=O)NCc2ccccc2Cl)C2=C1C(=O)OC2. The summed E-state index contributed by atoms with van der Waals surface area (Å²) in [6, 6.07) is 13.1. The first-order valence-corrected chi connectivity index (χ1v) is 10.6. The van der Waals surface area contributed by atoms with E-state index >= 15 is 0 Å². The van der Waals surface area contributed by atoms with Gasteiger partial charge in [-0.15, -0.1) is 0 Å². The lowest BCUT2D eigenvalue weighted by atomic mass is 9.95. The van der Waals surface area contributed by atoms with Crippen LogP contribution >= 0.6 is 11.6 Å². The number of halogens is 1. The van der Waals surface area contributed by atoms with Gasteiger partial charge in [0.25, 0.3) is 0 Å². The number of urea groups is 1. The van der Waals surface area contributed by atoms with Crippen molar-refractivity contribution >= 4 is 29.5 Å². The fourth-order valence-electron chi connectivity index (χ4n) is 3.75. The normalized spacial score (nSPS) is 17.6. The van der Waals surface area contributed by atoms with Crippen molar-refractivity contribution in [1.82, 2.24) is 15.5 Å². The summed E-state index contributed by atoms with van der Waals surface area (Å²) in [5, 5.41) is 6.11. The van der Waals surface area contributed by atoms with E-state index in [1.165, 1.54) is 4.90 Å². The Morgan fingerprint density at radius 1 is 1.22 bits per heavy atom. The Hall–Kier alpha value is -3.52. The number of esters is 1. The van der Waals surface area contributed by atoms with Crippen molar-refractivity contribution < 1.29 is 23.9 Å². The highest BCUT2D eigenvalue weighted by atomic mass is 35.5. The zero-order valence-electron chi connectivity index (χ0n) is 17.4. The first kappa shape index (κ1) is 21.7. The van der Waals surface area contributed by atoms with E-state index in [0.717, 1.165) is 5.56 Å². The van der Waals surface area contributed by atoms with Gasteiger partial charge < -0.3 is 20.1 Å². The molecular formula is C23H22ClN3O5. The van der Waals surface area contributed by atoms with Crippen molar-refractivity contribution in [2.75, 3.05) is 19.8 Å². The molecule has 8 nitrogen and oxygen atoms in total. The van der Waals surface area contributed by atoms with Crippen LogP contribution in [0.5, 0.6) is 5.75 Å². The Morgan fingerprint density at radius 3 is 2.75 bits per heavy atom. The van der Waals surface area contributed by atoms with E-state index in [9.17, 15) is 14.4 Å². The maximum absolute atomic E-state index is 12.9. The third-order valence-corrected chi connectivity index (χ3v) is 5.63. The van der Waals surface area contributed by atoms with E-state index in [-0.39, 0.29) is 25.6 Å². The Kier molecular flexibility index (Phi) is 6.32. The van der Waals surface area contributed by atoms with Gasteiger partial charge >= 0.3 is 12.0 Å². The van der Waals surface area contributed by atoms with Gasteiger partial charge in [0.1, 0.15) is 18.9 Å². The summed E-state index contributed by atoms with van der Waals surface area (Å²) in [5.74, 6) is -0.352. The van der Waals surface area contributed by atoms with Gasteiger partial charge in [0.05, 0.1) is 23.9 Å². The largest absolute Gasteiger partial charge is 0.494 e. The second kappa shape index (κ2) is 9.32. The van der Waals surface area contributed by atoms with Crippen LogP contribution in [0, 0.1) is 0 Å². The Bertz CT molecular complexity index is 1100. The summed E-state index contributed by atoms with van der Waals surface area (Å²) in [6.07, 6.45) is 0. The van der Waals surface area contributed by atoms with Crippen molar-refractivity contribution in [3.63, 3.8) is 0 Å². The number of cyclic esters (lactones) is 1. The number of ether oxygens (including phenoxy) is 2. The van der Waals surface area contributed by atoms with E-state index in [1.54, 1.807) is 36.4 Å². The second-order valence-electron chi connectivity index (χ2n) is 7.24. The molecule has 0 saturated carbocycles. The Morgan fingerprint density at radius 2 is 1.97 bits per heavy atom. The van der Waals surface area contributed by atoms with Crippen LogP contribution in [0.2, 0.25) is 5.02 Å². The molecule has 0 aromatic heterocycles. The van der Waals surface area contributed by atoms with Gasteiger partial charge in [-0.05, 0) is 24.6 Å². The van der Waals surface area contributed by atoms with Gasteiger partial charge in [0.15, 0.2) is 0 Å². The molecule has 32 heavy (non-hydrogen) atoms. The highest BCUT2D eigenvalue weighted by Gasteiger charge is 2.43. The fourth-order valence-corrected chi connectivity index (χ4v) is 3.96. The highest BCUT2D eigenvalue weighted by molar-refractivity contribution is 6.31. The van der Waals surface area contributed by atoms with Crippen LogP contribution in [0.15, 0.2) is 59.8 Å². The molecule has 2 heterocycles. The van der Waals surface area contributed by atoms with Crippen molar-refractivity contribution in [2.24, 2.45) is 0 Å². The number of nitrogens with zero attached hydrogens (tertiary/aromatic N) is 1. The molecule has 0 saturated heterocycles. The minimum absolute atomic E-state index is 0.0767. The minimum Gasteiger partial charge on any atom is -0.494 e. The molecular weight excluding hydrogens is 434 g/mol. The predicted octanol–water partition coefficient (Wildman–Crippen LogP) is 2.93. The van der Waals surface area contributed by atoms with E-state index in [2.05, 4.69) is 10.6 Å². The van der Waals surface area contributed by atoms with E-state index < -0.39 is 18.0 Å². The number of benzene rings is 2. The van der Waals surface area contributed by atoms with Gasteiger partial charge in [-0.3, -0.25) is 9.69 Å². The smallest absolute Gasteiger partial charge is 0.338 e. The number of carbonyl (C=O) groups excluding carboxylic acids is 3. The molecule has 4 rings (SSSR count). The molecule has 9 heteroatoms. The molecule has 1 unspecified atom stereocenters. The minimum atomic E-state index is -0.724. The van der Waals surface area contributed by atoms with Crippen LogP contribution in [0.4, 0.5) is 4.79 Å². The molecule has 0 fully saturated rings. The molecule has 0 spiro atoms. The number of hydrogen-bond donors (Lipinski definition) is 2. The number of carbonyl (C=O) groups is 3. The average Bonchev–Trinajstić information content (AvgIpc) is 3.17. The van der Waals surface area contributed by atoms with Crippen LogP contribution in [0.3, 0.4) is 0 Å². The standard InChI is InChI=1S/C23H22ClN3O5/c1-2-31-18-10-6-4-8-15(18)21-20-17(13-32-22(20)29)27(23(30)26-21)12-19(28)25-11-14-7-3-5-9-16(14)24/h3-10,21H,2,11-13H2,1H3,(H,25,28)(H,26,30).